The number of ether oxygens (including phenoxy) is 1. The van der Waals surface area contributed by atoms with Gasteiger partial charge in [0.05, 0.1) is 23.4 Å². The molecule has 0 atom stereocenters. The molecule has 0 bridgehead atoms. The molecule has 0 spiro atoms. The van der Waals surface area contributed by atoms with Crippen molar-refractivity contribution in [1.82, 2.24) is 9.78 Å². The van der Waals surface area contributed by atoms with E-state index in [-0.39, 0.29) is 34.0 Å². The van der Waals surface area contributed by atoms with Crippen LogP contribution in [0.1, 0.15) is 53.3 Å². The van der Waals surface area contributed by atoms with Crippen molar-refractivity contribution in [3.05, 3.63) is 41.2 Å². The van der Waals surface area contributed by atoms with Gasteiger partial charge >= 0.3 is 5.97 Å². The Morgan fingerprint density at radius 2 is 1.90 bits per heavy atom. The van der Waals surface area contributed by atoms with E-state index in [1.54, 1.807) is 7.11 Å². The summed E-state index contributed by atoms with van der Waals surface area (Å²) in [4.78, 5) is 11.5. The van der Waals surface area contributed by atoms with Crippen LogP contribution in [-0.4, -0.2) is 42.5 Å². The third kappa shape index (κ3) is 4.26. The summed E-state index contributed by atoms with van der Waals surface area (Å²) in [6, 6.07) is 7.82. The van der Waals surface area contributed by atoms with Crippen molar-refractivity contribution in [3.8, 4) is 6.07 Å². The van der Waals surface area contributed by atoms with Crippen LogP contribution in [0.25, 0.3) is 0 Å². The van der Waals surface area contributed by atoms with E-state index in [1.165, 1.54) is 31.3 Å². The third-order valence-corrected chi connectivity index (χ3v) is 6.61. The smallest absolute Gasteiger partial charge is 0.355 e. The van der Waals surface area contributed by atoms with E-state index in [2.05, 4.69) is 9.82 Å². The molecule has 29 heavy (non-hydrogen) atoms. The van der Waals surface area contributed by atoms with Gasteiger partial charge in [-0.25, -0.2) is 13.2 Å². The molecule has 0 unspecified atom stereocenters. The summed E-state index contributed by atoms with van der Waals surface area (Å²) in [6.45, 7) is 0. The minimum absolute atomic E-state index is 0.116. The number of carboxylic acids is 1. The van der Waals surface area contributed by atoms with Crippen LogP contribution < -0.4 is 4.72 Å². The summed E-state index contributed by atoms with van der Waals surface area (Å²) >= 11 is 0. The third-order valence-electron chi connectivity index (χ3n) is 5.16. The Balaban J connectivity index is 2.01. The number of sulfonamides is 1. The molecule has 10 heteroatoms. The molecule has 1 heterocycles. The van der Waals surface area contributed by atoms with Gasteiger partial charge in [-0.1, -0.05) is 0 Å². The molecule has 0 aliphatic heterocycles. The lowest BCUT2D eigenvalue weighted by molar-refractivity contribution is 0.0650. The van der Waals surface area contributed by atoms with Gasteiger partial charge < -0.3 is 9.84 Å². The summed E-state index contributed by atoms with van der Waals surface area (Å²) in [7, 11) is -1.15. The maximum absolute atomic E-state index is 13.2. The maximum Gasteiger partial charge on any atom is 0.355 e. The van der Waals surface area contributed by atoms with Crippen LogP contribution >= 0.6 is 0 Å². The molecular formula is C19H22N4O5S. The van der Waals surface area contributed by atoms with Gasteiger partial charge in [-0.15, -0.1) is 0 Å². The fourth-order valence-electron chi connectivity index (χ4n) is 3.68. The zero-order valence-electron chi connectivity index (χ0n) is 16.1. The number of aryl methyl sites for hydroxylation is 1. The molecule has 2 aromatic rings. The van der Waals surface area contributed by atoms with Crippen molar-refractivity contribution in [2.45, 2.75) is 42.6 Å². The number of nitrogens with one attached hydrogen (secondary N) is 1. The van der Waals surface area contributed by atoms with Gasteiger partial charge in [-0.2, -0.15) is 10.4 Å². The number of aromatic carboxylic acids is 1. The summed E-state index contributed by atoms with van der Waals surface area (Å²) in [5, 5.41) is 22.8. The zero-order valence-corrected chi connectivity index (χ0v) is 16.9. The van der Waals surface area contributed by atoms with Gasteiger partial charge in [0.15, 0.2) is 5.69 Å². The number of benzene rings is 1. The van der Waals surface area contributed by atoms with Crippen molar-refractivity contribution >= 4 is 21.7 Å². The Morgan fingerprint density at radius 1 is 1.28 bits per heavy atom. The molecule has 1 aliphatic rings. The van der Waals surface area contributed by atoms with Crippen LogP contribution in [0.3, 0.4) is 0 Å². The van der Waals surface area contributed by atoms with E-state index in [0.717, 1.165) is 17.5 Å². The first-order valence-corrected chi connectivity index (χ1v) is 10.6. The van der Waals surface area contributed by atoms with Gasteiger partial charge in [-0.3, -0.25) is 9.40 Å². The summed E-state index contributed by atoms with van der Waals surface area (Å²) in [5.74, 6) is -1.54. The number of nitriles is 1. The summed E-state index contributed by atoms with van der Waals surface area (Å²) < 4.78 is 35.2. The molecule has 1 saturated carbocycles. The molecular weight excluding hydrogens is 396 g/mol. The highest BCUT2D eigenvalue weighted by Gasteiger charge is 2.36. The van der Waals surface area contributed by atoms with E-state index >= 15 is 0 Å². The average Bonchev–Trinajstić information content (AvgIpc) is 3.07. The van der Waals surface area contributed by atoms with Crippen LogP contribution in [0.15, 0.2) is 29.2 Å². The number of hydrogen-bond acceptors (Lipinski definition) is 6. The van der Waals surface area contributed by atoms with Crippen LogP contribution in [0.4, 0.5) is 5.69 Å². The number of hydrogen-bond donors (Lipinski definition) is 2. The Hall–Kier alpha value is -2.90. The molecule has 3 rings (SSSR count). The first kappa shape index (κ1) is 20.8. The van der Waals surface area contributed by atoms with E-state index in [1.807, 2.05) is 6.07 Å². The average molecular weight is 418 g/mol. The van der Waals surface area contributed by atoms with E-state index in [9.17, 15) is 18.3 Å². The largest absolute Gasteiger partial charge is 0.476 e. The Labute approximate surface area is 169 Å². The first-order chi connectivity index (χ1) is 13.8. The van der Waals surface area contributed by atoms with E-state index < -0.39 is 16.0 Å². The lowest BCUT2D eigenvalue weighted by Crippen LogP contribution is -2.22. The van der Waals surface area contributed by atoms with Crippen LogP contribution in [0, 0.1) is 11.3 Å². The number of carbonyl (C=O) groups is 1. The highest BCUT2D eigenvalue weighted by Crippen LogP contribution is 2.38. The quantitative estimate of drug-likeness (QED) is 0.736. The first-order valence-electron chi connectivity index (χ1n) is 9.12. The number of nitrogens with zero attached hydrogens (tertiary/aromatic N) is 3. The zero-order chi connectivity index (χ0) is 21.2. The van der Waals surface area contributed by atoms with Gasteiger partial charge in [0, 0.05) is 25.8 Å². The van der Waals surface area contributed by atoms with Crippen molar-refractivity contribution in [2.24, 2.45) is 7.05 Å². The predicted octanol–water partition coefficient (Wildman–Crippen LogP) is 2.46. The molecule has 9 nitrogen and oxygen atoms in total. The van der Waals surface area contributed by atoms with Crippen LogP contribution in [0.5, 0.6) is 0 Å². The number of aromatic nitrogens is 2. The highest BCUT2D eigenvalue weighted by molar-refractivity contribution is 7.92. The van der Waals surface area contributed by atoms with Crippen molar-refractivity contribution in [2.75, 3.05) is 11.8 Å². The second kappa shape index (κ2) is 8.23. The van der Waals surface area contributed by atoms with Crippen LogP contribution in [0.2, 0.25) is 0 Å². The molecule has 2 N–H and O–H groups in total. The second-order valence-corrected chi connectivity index (χ2v) is 8.61. The predicted molar refractivity (Wildman–Crippen MR) is 104 cm³/mol. The topological polar surface area (TPSA) is 134 Å². The molecule has 1 fully saturated rings. The number of rotatable bonds is 6. The fourth-order valence-corrected chi connectivity index (χ4v) is 5.19. The SMILES string of the molecule is COC1CCC(c2nn(C)c(C(=O)O)c2S(=O)(=O)Nc2ccc(C#N)cc2)CC1. The van der Waals surface area contributed by atoms with E-state index in [4.69, 9.17) is 10.00 Å². The normalized spacial score (nSPS) is 19.5. The molecule has 0 saturated heterocycles. The van der Waals surface area contributed by atoms with Gasteiger partial charge in [0.25, 0.3) is 10.0 Å². The Kier molecular flexibility index (Phi) is 5.91. The molecule has 1 aromatic carbocycles. The lowest BCUT2D eigenvalue weighted by atomic mass is 9.85. The second-order valence-electron chi connectivity index (χ2n) is 7.00. The standard InChI is InChI=1S/C19H22N4O5S/c1-23-17(19(24)25)18(16(21-23)13-5-9-15(28-2)10-6-13)29(26,27)22-14-7-3-12(11-20)4-8-14/h3-4,7-8,13,15,22H,5-6,9-10H2,1-2H3,(H,24,25). The monoisotopic (exact) mass is 418 g/mol. The minimum atomic E-state index is -4.22. The van der Waals surface area contributed by atoms with Gasteiger partial charge in [0.2, 0.25) is 0 Å². The number of anilines is 1. The fraction of sp³-hybridized carbons (Fsp3) is 0.421. The van der Waals surface area contributed by atoms with Gasteiger partial charge in [0.1, 0.15) is 4.90 Å². The van der Waals surface area contributed by atoms with Crippen molar-refractivity contribution < 1.29 is 23.1 Å². The molecule has 1 aromatic heterocycles. The number of carboxylic acid groups (broad SMARTS) is 1. The van der Waals surface area contributed by atoms with Gasteiger partial charge in [-0.05, 0) is 49.9 Å². The highest BCUT2D eigenvalue weighted by atomic mass is 32.2. The Morgan fingerprint density at radius 3 is 2.41 bits per heavy atom. The van der Waals surface area contributed by atoms with E-state index in [0.29, 0.717) is 18.4 Å². The van der Waals surface area contributed by atoms with Crippen LogP contribution in [-0.2, 0) is 21.8 Å². The lowest BCUT2D eigenvalue weighted by Gasteiger charge is -2.27. The van der Waals surface area contributed by atoms with Crippen molar-refractivity contribution in [1.29, 1.82) is 5.26 Å². The number of methoxy groups -OCH3 is 1. The minimum Gasteiger partial charge on any atom is -0.476 e. The Bertz CT molecular complexity index is 1050. The summed E-state index contributed by atoms with van der Waals surface area (Å²) in [6.07, 6.45) is 2.94. The maximum atomic E-state index is 13.2. The van der Waals surface area contributed by atoms with Crippen molar-refractivity contribution in [3.63, 3.8) is 0 Å². The summed E-state index contributed by atoms with van der Waals surface area (Å²) in [5.41, 5.74) is 0.505. The molecule has 0 radical (unpaired) electrons. The molecule has 154 valence electrons. The molecule has 0 amide bonds. The molecule has 1 aliphatic carbocycles.